The quantitative estimate of drug-likeness (QED) is 0.223. The SMILES string of the molecule is COC(=O)c1cc2[nH]c(O)c(C(=Nc3ccc(C(=O)N4CC[C@@H](CN(C)C)[C@H](O)C4)cc3)c3ccccc3)c2cc1C. The summed E-state index contributed by atoms with van der Waals surface area (Å²) in [5.74, 6) is -0.502. The van der Waals surface area contributed by atoms with Crippen molar-refractivity contribution in [2.75, 3.05) is 40.8 Å². The number of hydrogen-bond acceptors (Lipinski definition) is 7. The molecule has 5 rings (SSSR count). The van der Waals surface area contributed by atoms with Gasteiger partial charge in [0.05, 0.1) is 35.7 Å². The van der Waals surface area contributed by atoms with E-state index in [1.54, 1.807) is 35.2 Å². The molecule has 3 aromatic carbocycles. The van der Waals surface area contributed by atoms with Gasteiger partial charge in [-0.25, -0.2) is 9.79 Å². The first-order chi connectivity index (χ1) is 20.2. The molecular weight excluding hydrogens is 532 g/mol. The zero-order valence-electron chi connectivity index (χ0n) is 24.3. The summed E-state index contributed by atoms with van der Waals surface area (Å²) in [4.78, 5) is 37.2. The van der Waals surface area contributed by atoms with E-state index >= 15 is 0 Å². The Hall–Kier alpha value is -4.47. The second kappa shape index (κ2) is 12.2. The second-order valence-corrected chi connectivity index (χ2v) is 11.1. The lowest BCUT2D eigenvalue weighted by Gasteiger charge is -2.37. The van der Waals surface area contributed by atoms with Crippen molar-refractivity contribution in [3.63, 3.8) is 0 Å². The number of aliphatic imine (C=N–C) groups is 1. The van der Waals surface area contributed by atoms with Gasteiger partial charge >= 0.3 is 5.97 Å². The van der Waals surface area contributed by atoms with Gasteiger partial charge in [-0.3, -0.25) is 4.79 Å². The molecule has 2 atom stereocenters. The van der Waals surface area contributed by atoms with E-state index in [4.69, 9.17) is 9.73 Å². The van der Waals surface area contributed by atoms with Crippen molar-refractivity contribution in [2.24, 2.45) is 10.9 Å². The zero-order chi connectivity index (χ0) is 30.0. The number of benzene rings is 3. The minimum absolute atomic E-state index is 0.0722. The normalized spacial score (nSPS) is 17.6. The third-order valence-electron chi connectivity index (χ3n) is 7.78. The third kappa shape index (κ3) is 5.93. The number of esters is 1. The predicted octanol–water partition coefficient (Wildman–Crippen LogP) is 4.52. The van der Waals surface area contributed by atoms with Crippen molar-refractivity contribution >= 4 is 34.2 Å². The van der Waals surface area contributed by atoms with Crippen LogP contribution in [0.5, 0.6) is 5.88 Å². The molecule has 1 aliphatic rings. The maximum Gasteiger partial charge on any atom is 0.338 e. The lowest BCUT2D eigenvalue weighted by Crippen LogP contribution is -2.48. The van der Waals surface area contributed by atoms with E-state index in [1.165, 1.54) is 7.11 Å². The number of likely N-dealkylation sites (tertiary alicyclic amines) is 1. The van der Waals surface area contributed by atoms with Gasteiger partial charge < -0.3 is 29.7 Å². The van der Waals surface area contributed by atoms with Crippen LogP contribution in [0.4, 0.5) is 5.69 Å². The minimum Gasteiger partial charge on any atom is -0.494 e. The van der Waals surface area contributed by atoms with Crippen LogP contribution < -0.4 is 0 Å². The van der Waals surface area contributed by atoms with E-state index in [2.05, 4.69) is 9.88 Å². The molecule has 3 N–H and O–H groups in total. The number of carbonyl (C=O) groups excluding carboxylic acids is 2. The van der Waals surface area contributed by atoms with E-state index in [1.807, 2.05) is 57.4 Å². The van der Waals surface area contributed by atoms with Crippen LogP contribution in [0.3, 0.4) is 0 Å². The highest BCUT2D eigenvalue weighted by molar-refractivity contribution is 6.22. The van der Waals surface area contributed by atoms with Crippen molar-refractivity contribution in [3.8, 4) is 5.88 Å². The maximum absolute atomic E-state index is 13.2. The van der Waals surface area contributed by atoms with Crippen LogP contribution in [-0.4, -0.2) is 89.5 Å². The molecule has 1 fully saturated rings. The number of piperidine rings is 1. The highest BCUT2D eigenvalue weighted by atomic mass is 16.5. The Morgan fingerprint density at radius 2 is 1.79 bits per heavy atom. The number of aromatic hydroxyl groups is 1. The monoisotopic (exact) mass is 568 g/mol. The van der Waals surface area contributed by atoms with E-state index < -0.39 is 12.1 Å². The van der Waals surface area contributed by atoms with Gasteiger partial charge in [0, 0.05) is 47.6 Å². The molecule has 1 amide bonds. The van der Waals surface area contributed by atoms with Gasteiger partial charge in [0.15, 0.2) is 5.88 Å². The van der Waals surface area contributed by atoms with Crippen LogP contribution in [0.1, 0.15) is 43.8 Å². The number of aliphatic hydroxyl groups is 1. The fourth-order valence-electron chi connectivity index (χ4n) is 5.60. The number of carbonyl (C=O) groups is 2. The smallest absolute Gasteiger partial charge is 0.338 e. The summed E-state index contributed by atoms with van der Waals surface area (Å²) in [5.41, 5.74) is 4.65. The van der Waals surface area contributed by atoms with Crippen molar-refractivity contribution in [1.82, 2.24) is 14.8 Å². The fraction of sp³-hybridized carbons (Fsp3) is 0.303. The van der Waals surface area contributed by atoms with Crippen LogP contribution in [0.15, 0.2) is 71.7 Å². The van der Waals surface area contributed by atoms with Gasteiger partial charge in [-0.2, -0.15) is 0 Å². The van der Waals surface area contributed by atoms with Gasteiger partial charge in [-0.15, -0.1) is 0 Å². The number of aliphatic hydroxyl groups excluding tert-OH is 1. The van der Waals surface area contributed by atoms with E-state index in [0.29, 0.717) is 57.6 Å². The van der Waals surface area contributed by atoms with E-state index in [-0.39, 0.29) is 17.7 Å². The molecule has 0 spiro atoms. The lowest BCUT2D eigenvalue weighted by atomic mass is 9.93. The molecule has 0 saturated carbocycles. The molecule has 1 saturated heterocycles. The van der Waals surface area contributed by atoms with Crippen molar-refractivity contribution in [2.45, 2.75) is 19.4 Å². The first-order valence-corrected chi connectivity index (χ1v) is 14.0. The molecular formula is C33H36N4O5. The average Bonchev–Trinajstić information content (AvgIpc) is 3.30. The Labute approximate surface area is 245 Å². The number of nitrogens with zero attached hydrogens (tertiary/aromatic N) is 3. The maximum atomic E-state index is 13.2. The van der Waals surface area contributed by atoms with Gasteiger partial charge in [0.2, 0.25) is 0 Å². The Kier molecular flexibility index (Phi) is 8.42. The summed E-state index contributed by atoms with van der Waals surface area (Å²) >= 11 is 0. The summed E-state index contributed by atoms with van der Waals surface area (Å²) in [5, 5.41) is 22.4. The van der Waals surface area contributed by atoms with Crippen molar-refractivity contribution in [3.05, 3.63) is 94.5 Å². The largest absolute Gasteiger partial charge is 0.494 e. The fourth-order valence-corrected chi connectivity index (χ4v) is 5.60. The number of rotatable bonds is 7. The molecule has 0 aliphatic carbocycles. The number of β-amino-alcohol motifs (C(OH)–C–C–N with tert-alkyl or cyclic N) is 1. The zero-order valence-corrected chi connectivity index (χ0v) is 24.3. The summed E-state index contributed by atoms with van der Waals surface area (Å²) in [6.07, 6.45) is 0.196. The van der Waals surface area contributed by atoms with Gasteiger partial charge in [-0.05, 0) is 69.4 Å². The summed E-state index contributed by atoms with van der Waals surface area (Å²) < 4.78 is 4.91. The van der Waals surface area contributed by atoms with Crippen molar-refractivity contribution < 1.29 is 24.5 Å². The second-order valence-electron chi connectivity index (χ2n) is 11.1. The Morgan fingerprint density at radius 1 is 1.07 bits per heavy atom. The van der Waals surface area contributed by atoms with Gasteiger partial charge in [-0.1, -0.05) is 30.3 Å². The highest BCUT2D eigenvalue weighted by Gasteiger charge is 2.31. The van der Waals surface area contributed by atoms with Crippen LogP contribution in [0.25, 0.3) is 10.9 Å². The van der Waals surface area contributed by atoms with Gasteiger partial charge in [0.1, 0.15) is 0 Å². The summed E-state index contributed by atoms with van der Waals surface area (Å²) in [6.45, 7) is 3.52. The highest BCUT2D eigenvalue weighted by Crippen LogP contribution is 2.33. The number of fused-ring (bicyclic) bond motifs is 1. The number of H-pyrrole nitrogens is 1. The number of hydrogen-bond donors (Lipinski definition) is 3. The lowest BCUT2D eigenvalue weighted by molar-refractivity contribution is 0.0124. The molecule has 0 radical (unpaired) electrons. The van der Waals surface area contributed by atoms with E-state index in [9.17, 15) is 19.8 Å². The van der Waals surface area contributed by atoms with Crippen molar-refractivity contribution in [1.29, 1.82) is 0 Å². The predicted molar refractivity (Wildman–Crippen MR) is 163 cm³/mol. The summed E-state index contributed by atoms with van der Waals surface area (Å²) in [7, 11) is 5.30. The topological polar surface area (TPSA) is 118 Å². The minimum atomic E-state index is -0.557. The summed E-state index contributed by atoms with van der Waals surface area (Å²) in [6, 6.07) is 20.1. The number of amides is 1. The molecule has 0 bridgehead atoms. The average molecular weight is 569 g/mol. The van der Waals surface area contributed by atoms with E-state index in [0.717, 1.165) is 18.5 Å². The Morgan fingerprint density at radius 3 is 2.43 bits per heavy atom. The van der Waals surface area contributed by atoms with Gasteiger partial charge in [0.25, 0.3) is 5.91 Å². The van der Waals surface area contributed by atoms with Crippen LogP contribution in [0, 0.1) is 12.8 Å². The van der Waals surface area contributed by atoms with Crippen LogP contribution in [-0.2, 0) is 4.74 Å². The number of aromatic nitrogens is 1. The van der Waals surface area contributed by atoms with Crippen LogP contribution in [0.2, 0.25) is 0 Å². The first kappa shape index (κ1) is 29.0. The molecule has 1 aromatic heterocycles. The Balaban J connectivity index is 1.47. The number of nitrogens with one attached hydrogen (secondary N) is 1. The molecule has 4 aromatic rings. The standard InChI is InChI=1S/C33H36N4O5/c1-20-16-26-27(17-25(20)33(41)42-4)35-31(39)29(26)30(21-8-6-5-7-9-21)34-24-12-10-22(11-13-24)32(40)37-15-14-23(18-36(2)3)28(38)19-37/h5-13,16-17,23,28,35,38-39H,14-15,18-19H2,1-4H3/t23-,28+/m0/s1. The number of methoxy groups -OCH3 is 1. The number of ether oxygens (including phenoxy) is 1. The molecule has 0 unspecified atom stereocenters. The third-order valence-corrected chi connectivity index (χ3v) is 7.78. The molecule has 2 heterocycles. The Bertz CT molecular complexity index is 1630. The number of aryl methyl sites for hydroxylation is 1. The molecule has 1 aliphatic heterocycles. The molecule has 9 heteroatoms. The molecule has 9 nitrogen and oxygen atoms in total. The van der Waals surface area contributed by atoms with Crippen LogP contribution >= 0.6 is 0 Å². The molecule has 218 valence electrons. The molecule has 42 heavy (non-hydrogen) atoms. The first-order valence-electron chi connectivity index (χ1n) is 14.0. The number of aromatic amines is 1.